The molecule has 3 aliphatic rings. The maximum atomic E-state index is 13.9. The molecule has 13 aromatic rings. The van der Waals surface area contributed by atoms with Gasteiger partial charge in [-0.1, -0.05) is 66.7 Å². The summed E-state index contributed by atoms with van der Waals surface area (Å²) < 4.78 is 25.0. The molecule has 10 N–H and O–H groups in total. The van der Waals surface area contributed by atoms with E-state index >= 15 is 0 Å². The highest BCUT2D eigenvalue weighted by atomic mass is 19.1. The lowest BCUT2D eigenvalue weighted by atomic mass is 9.81. The molecule has 3 amide bonds. The Bertz CT molecular complexity index is 5160. The Hall–Kier alpha value is -11.7. The van der Waals surface area contributed by atoms with Crippen LogP contribution in [0.2, 0.25) is 0 Å². The number of benzene rings is 4. The van der Waals surface area contributed by atoms with E-state index in [2.05, 4.69) is 58.3 Å². The van der Waals surface area contributed by atoms with Crippen LogP contribution < -0.4 is 21.9 Å². The van der Waals surface area contributed by atoms with Gasteiger partial charge in [0.25, 0.3) is 0 Å². The summed E-state index contributed by atoms with van der Waals surface area (Å²) in [6, 6.07) is 32.6. The van der Waals surface area contributed by atoms with Gasteiger partial charge in [0.15, 0.2) is 11.6 Å². The number of aromatic amines is 3. The first-order chi connectivity index (χ1) is 47.0. The molecule has 25 nitrogen and oxygen atoms in total. The Morgan fingerprint density at radius 1 is 0.619 bits per heavy atom. The van der Waals surface area contributed by atoms with Crippen LogP contribution >= 0.6 is 0 Å². The molecule has 16 rings (SSSR count). The molecule has 0 spiro atoms. The molecule has 2 fully saturated rings. The number of hydrogen-bond donors (Lipinski definition) is 7. The number of aliphatic carboxylic acids is 1. The van der Waals surface area contributed by atoms with Gasteiger partial charge in [-0.15, -0.1) is 0 Å². The molecule has 0 radical (unpaired) electrons. The third-order valence-electron chi connectivity index (χ3n) is 19.0. The minimum atomic E-state index is -0.740. The van der Waals surface area contributed by atoms with E-state index in [4.69, 9.17) is 36.9 Å². The van der Waals surface area contributed by atoms with Crippen LogP contribution in [0.25, 0.3) is 100 Å². The lowest BCUT2D eigenvalue weighted by Crippen LogP contribution is -2.41. The van der Waals surface area contributed by atoms with Crippen molar-refractivity contribution >= 4 is 90.2 Å². The van der Waals surface area contributed by atoms with Crippen molar-refractivity contribution in [2.24, 2.45) is 11.8 Å². The van der Waals surface area contributed by atoms with Crippen molar-refractivity contribution in [3.05, 3.63) is 158 Å². The molecule has 97 heavy (non-hydrogen) atoms. The number of hydrogen-bond acceptors (Lipinski definition) is 15. The number of fused-ring (bicyclic) bond motifs is 6. The number of para-hydroxylation sites is 3. The summed E-state index contributed by atoms with van der Waals surface area (Å²) in [7, 11) is 8.83. The molecule has 2 saturated carbocycles. The number of carbonyl (C=O) groups is 3. The van der Waals surface area contributed by atoms with Gasteiger partial charge in [0.05, 0.1) is 41.1 Å². The van der Waals surface area contributed by atoms with Gasteiger partial charge in [-0.3, -0.25) is 14.0 Å². The molecule has 4 aromatic carbocycles. The smallest absolute Gasteiger partial charge is 0.319 e. The number of anilines is 3. The number of carbonyl (C=O) groups excluding carboxylic acids is 2. The molecule has 0 unspecified atom stereocenters. The number of nitrogen functional groups attached to an aromatic ring is 3. The largest absolute Gasteiger partial charge is 0.495 e. The van der Waals surface area contributed by atoms with Crippen molar-refractivity contribution in [3.63, 3.8) is 0 Å². The number of imidazole rings is 3. The summed E-state index contributed by atoms with van der Waals surface area (Å²) in [5.74, 6) is 3.59. The molecule has 10 heterocycles. The maximum Gasteiger partial charge on any atom is 0.319 e. The quantitative estimate of drug-likeness (QED) is 0.0669. The van der Waals surface area contributed by atoms with Gasteiger partial charge in [0.2, 0.25) is 5.91 Å². The van der Waals surface area contributed by atoms with Gasteiger partial charge < -0.3 is 56.7 Å². The fraction of sp³-hybridized carbons (Fsp3) is 0.282. The van der Waals surface area contributed by atoms with Crippen molar-refractivity contribution in [1.29, 1.82) is 0 Å². The van der Waals surface area contributed by atoms with Crippen molar-refractivity contribution in [1.82, 2.24) is 83.2 Å². The van der Waals surface area contributed by atoms with Crippen molar-refractivity contribution < 1.29 is 28.6 Å². The molecule has 494 valence electrons. The normalized spacial score (nSPS) is 17.3. The first-order valence-electron chi connectivity index (χ1n) is 32.3. The zero-order chi connectivity index (χ0) is 67.3. The molecule has 0 saturated heterocycles. The fourth-order valence-corrected chi connectivity index (χ4v) is 14.0. The second-order valence-corrected chi connectivity index (χ2v) is 25.4. The molecule has 1 aliphatic heterocycles. The minimum Gasteiger partial charge on any atom is -0.495 e. The molecule has 0 bridgehead atoms. The average Bonchev–Trinajstić information content (AvgIpc) is 1.61. The predicted octanol–water partition coefficient (Wildman–Crippen LogP) is 11.5. The van der Waals surface area contributed by atoms with Gasteiger partial charge in [-0.2, -0.15) is 10.2 Å². The van der Waals surface area contributed by atoms with Crippen molar-refractivity contribution in [2.45, 2.75) is 69.6 Å². The monoisotopic (exact) mass is 1300 g/mol. The van der Waals surface area contributed by atoms with Crippen LogP contribution in [-0.4, -0.2) is 155 Å². The number of nitrogens with one attached hydrogen (secondary N) is 3. The van der Waals surface area contributed by atoms with Crippen LogP contribution in [0.15, 0.2) is 134 Å². The Morgan fingerprint density at radius 3 is 1.78 bits per heavy atom. The van der Waals surface area contributed by atoms with Crippen LogP contribution in [0.5, 0.6) is 5.75 Å². The molecular weight excluding hydrogens is 1230 g/mol. The number of H-pyrrole nitrogens is 3. The van der Waals surface area contributed by atoms with Gasteiger partial charge >= 0.3 is 12.0 Å². The molecule has 9 aromatic heterocycles. The summed E-state index contributed by atoms with van der Waals surface area (Å²) >= 11 is 0. The van der Waals surface area contributed by atoms with E-state index < -0.39 is 5.97 Å². The predicted molar refractivity (Wildman–Crippen MR) is 371 cm³/mol. The van der Waals surface area contributed by atoms with Crippen molar-refractivity contribution in [3.8, 4) is 51.0 Å². The Kier molecular flexibility index (Phi) is 16.7. The number of amides is 3. The van der Waals surface area contributed by atoms with Gasteiger partial charge in [0, 0.05) is 98.7 Å². The fourth-order valence-electron chi connectivity index (χ4n) is 14.0. The Balaban J connectivity index is 0.000000125. The van der Waals surface area contributed by atoms with Gasteiger partial charge in [-0.25, -0.2) is 48.1 Å². The number of methoxy groups -OCH3 is 1. The summed E-state index contributed by atoms with van der Waals surface area (Å²) in [5.41, 5.74) is 31.1. The van der Waals surface area contributed by atoms with Crippen LogP contribution in [0.4, 0.5) is 26.6 Å². The van der Waals surface area contributed by atoms with Gasteiger partial charge in [-0.05, 0) is 111 Å². The topological polar surface area (TPSA) is 332 Å². The Morgan fingerprint density at radius 2 is 1.19 bits per heavy atom. The molecular formula is C71H73FN20O5. The van der Waals surface area contributed by atoms with Crippen LogP contribution in [0.3, 0.4) is 0 Å². The SMILES string of the molecule is CN(C)C(=O)N1CC=C(c2nc(-c3cc4ccccc4[nH]3)c3c(N)nccn23)CC1.COc1cccc2cc(-c3nc(C4CCC(C(=O)N(C)C)CC4)n4ncnc(N)c34)[nH]c12.Nc1ncnn2c(C3CCC(C(=O)O)CC3)nc(-c3cc4cccc(-c5cccc(F)c5)c4[nH]3)c12. The molecule has 26 heteroatoms. The highest BCUT2D eigenvalue weighted by Crippen LogP contribution is 2.43. The number of carboxylic acids is 1. The number of nitrogens with two attached hydrogens (primary N) is 3. The van der Waals surface area contributed by atoms with E-state index in [1.54, 1.807) is 47.8 Å². The number of urea groups is 1. The Labute approximate surface area is 555 Å². The zero-order valence-electron chi connectivity index (χ0n) is 54.2. The number of aromatic nitrogens is 14. The standard InChI is InChI=1S/C26H23FN6O2.C23H27N7O2.C22H23N7O/c27-18-5-1-3-16(11-18)19-6-2-4-17-12-20(31-21(17)19)22-23-24(28)29-13-30-33(23)25(32-22)14-7-9-15(10-8-14)26(34)35;1-29(2)23(31)14-9-7-13(8-10-14)22-28-19(20-21(24)25-12-26-30(20)22)16-11-15-5-4-6-17(32-3)18(15)27-16;1-27(2)22(30)28-10-7-14(8-11-28)21-26-18(19-20(23)24-9-12-29(19)21)17-13-15-5-3-4-6-16(15)25-17/h1-6,11-15,31H,7-10H2,(H,34,35)(H2,28,29,30);4-6,11-14,27H,7-10H2,1-3H3,(H2,24,25,26);3-7,9,12-13,25H,8,10-11H2,1-2H3,(H2,23,24). The summed E-state index contributed by atoms with van der Waals surface area (Å²) in [5, 5.41) is 21.4. The highest BCUT2D eigenvalue weighted by molar-refractivity contribution is 5.99. The van der Waals surface area contributed by atoms with Crippen molar-refractivity contribution in [2.75, 3.05) is 65.6 Å². The second kappa shape index (κ2) is 25.9. The maximum absolute atomic E-state index is 13.9. The second-order valence-electron chi connectivity index (χ2n) is 25.4. The molecule has 2 aliphatic carbocycles. The minimum absolute atomic E-state index is 0.0190. The van der Waals surface area contributed by atoms with E-state index in [-0.39, 0.29) is 41.4 Å². The third kappa shape index (κ3) is 11.9. The van der Waals surface area contributed by atoms with E-state index in [1.807, 2.05) is 107 Å². The van der Waals surface area contributed by atoms with E-state index in [0.717, 1.165) is 152 Å². The zero-order valence-corrected chi connectivity index (χ0v) is 54.2. The van der Waals surface area contributed by atoms with Gasteiger partial charge in [0.1, 0.15) is 81.1 Å². The van der Waals surface area contributed by atoms with Crippen LogP contribution in [0, 0.1) is 17.7 Å². The number of halogens is 1. The number of rotatable bonds is 10. The first kappa shape index (κ1) is 62.7. The lowest BCUT2D eigenvalue weighted by molar-refractivity contribution is -0.142. The number of ether oxygens (including phenoxy) is 1. The highest BCUT2D eigenvalue weighted by Gasteiger charge is 2.34. The molecule has 0 atom stereocenters. The number of nitrogens with zero attached hydrogens (tertiary/aromatic N) is 14. The first-order valence-corrected chi connectivity index (χ1v) is 32.3. The van der Waals surface area contributed by atoms with Crippen LogP contribution in [-0.2, 0) is 9.59 Å². The summed E-state index contributed by atoms with van der Waals surface area (Å²) in [6.07, 6.45) is 15.4. The summed E-state index contributed by atoms with van der Waals surface area (Å²) in [6.45, 7) is 1.21. The van der Waals surface area contributed by atoms with E-state index in [1.165, 1.54) is 24.8 Å². The lowest BCUT2D eigenvalue weighted by Gasteiger charge is -2.28. The van der Waals surface area contributed by atoms with E-state index in [9.17, 15) is 23.9 Å². The van der Waals surface area contributed by atoms with E-state index in [0.29, 0.717) is 60.1 Å². The van der Waals surface area contributed by atoms with Crippen LogP contribution in [0.1, 0.15) is 87.1 Å². The third-order valence-corrected chi connectivity index (χ3v) is 19.0. The summed E-state index contributed by atoms with van der Waals surface area (Å²) in [4.78, 5) is 79.1. The average molecular weight is 1310 g/mol. The number of carboxylic acid groups (broad SMARTS) is 1.